The van der Waals surface area contributed by atoms with E-state index in [1.54, 1.807) is 6.07 Å². The fraction of sp³-hybridized carbons (Fsp3) is 0.455. The SMILES string of the molecule is COc1cc([N+](=O)[O-])ccc1C1(CON)CC1. The van der Waals surface area contributed by atoms with Gasteiger partial charge in [-0.25, -0.2) is 5.90 Å². The zero-order chi connectivity index (χ0) is 12.5. The highest BCUT2D eigenvalue weighted by Gasteiger charge is 2.46. The normalized spacial score (nSPS) is 16.6. The van der Waals surface area contributed by atoms with E-state index in [2.05, 4.69) is 0 Å². The molecule has 1 saturated carbocycles. The predicted molar refractivity (Wildman–Crippen MR) is 60.7 cm³/mol. The van der Waals surface area contributed by atoms with Crippen LogP contribution in [0.5, 0.6) is 5.75 Å². The largest absolute Gasteiger partial charge is 0.496 e. The lowest BCUT2D eigenvalue weighted by molar-refractivity contribution is -0.384. The van der Waals surface area contributed by atoms with E-state index < -0.39 is 4.92 Å². The van der Waals surface area contributed by atoms with Gasteiger partial charge in [-0.15, -0.1) is 0 Å². The van der Waals surface area contributed by atoms with Crippen molar-refractivity contribution in [1.82, 2.24) is 0 Å². The van der Waals surface area contributed by atoms with Crippen molar-refractivity contribution in [3.8, 4) is 5.75 Å². The van der Waals surface area contributed by atoms with Crippen LogP contribution >= 0.6 is 0 Å². The molecule has 17 heavy (non-hydrogen) atoms. The summed E-state index contributed by atoms with van der Waals surface area (Å²) in [4.78, 5) is 14.9. The van der Waals surface area contributed by atoms with E-state index in [0.29, 0.717) is 12.4 Å². The summed E-state index contributed by atoms with van der Waals surface area (Å²) in [5.74, 6) is 5.63. The van der Waals surface area contributed by atoms with Gasteiger partial charge in [0.1, 0.15) is 5.75 Å². The molecule has 0 unspecified atom stereocenters. The molecule has 0 bridgehead atoms. The first-order valence-corrected chi connectivity index (χ1v) is 5.27. The highest BCUT2D eigenvalue weighted by Crippen LogP contribution is 2.51. The van der Waals surface area contributed by atoms with Crippen LogP contribution in [0.15, 0.2) is 18.2 Å². The van der Waals surface area contributed by atoms with Crippen molar-refractivity contribution in [2.45, 2.75) is 18.3 Å². The monoisotopic (exact) mass is 238 g/mol. The molecular weight excluding hydrogens is 224 g/mol. The summed E-state index contributed by atoms with van der Waals surface area (Å²) in [6.07, 6.45) is 1.91. The third-order valence-electron chi connectivity index (χ3n) is 3.18. The minimum atomic E-state index is -0.439. The second-order valence-electron chi connectivity index (χ2n) is 4.23. The molecule has 1 fully saturated rings. The van der Waals surface area contributed by atoms with Gasteiger partial charge in [-0.05, 0) is 18.9 Å². The maximum atomic E-state index is 10.7. The highest BCUT2D eigenvalue weighted by atomic mass is 16.6. The van der Waals surface area contributed by atoms with E-state index in [0.717, 1.165) is 18.4 Å². The fourth-order valence-electron chi connectivity index (χ4n) is 2.03. The van der Waals surface area contributed by atoms with Crippen molar-refractivity contribution in [3.63, 3.8) is 0 Å². The van der Waals surface area contributed by atoms with Gasteiger partial charge < -0.3 is 9.57 Å². The number of nitro benzene ring substituents is 1. The van der Waals surface area contributed by atoms with Crippen LogP contribution in [0.2, 0.25) is 0 Å². The molecule has 0 amide bonds. The molecule has 92 valence electrons. The lowest BCUT2D eigenvalue weighted by Gasteiger charge is -2.17. The number of hydrogen-bond acceptors (Lipinski definition) is 5. The molecule has 2 N–H and O–H groups in total. The number of nitrogens with two attached hydrogens (primary N) is 1. The molecular formula is C11H14N2O4. The zero-order valence-corrected chi connectivity index (χ0v) is 9.51. The Labute approximate surface area is 98.4 Å². The maximum Gasteiger partial charge on any atom is 0.273 e. The Kier molecular flexibility index (Phi) is 2.99. The number of rotatable bonds is 5. The molecule has 6 nitrogen and oxygen atoms in total. The van der Waals surface area contributed by atoms with E-state index in [9.17, 15) is 10.1 Å². The minimum Gasteiger partial charge on any atom is -0.496 e. The number of nitrogens with zero attached hydrogens (tertiary/aromatic N) is 1. The van der Waals surface area contributed by atoms with Crippen molar-refractivity contribution in [1.29, 1.82) is 0 Å². The van der Waals surface area contributed by atoms with E-state index >= 15 is 0 Å². The lowest BCUT2D eigenvalue weighted by Crippen LogP contribution is -2.19. The maximum absolute atomic E-state index is 10.7. The molecule has 0 saturated heterocycles. The molecule has 2 rings (SSSR count). The van der Waals surface area contributed by atoms with Gasteiger partial charge in [0.2, 0.25) is 0 Å². The van der Waals surface area contributed by atoms with Crippen LogP contribution in [0.1, 0.15) is 18.4 Å². The number of non-ortho nitro benzene ring substituents is 1. The Morgan fingerprint density at radius 1 is 1.53 bits per heavy atom. The zero-order valence-electron chi connectivity index (χ0n) is 9.51. The Balaban J connectivity index is 2.38. The second kappa shape index (κ2) is 4.31. The van der Waals surface area contributed by atoms with Crippen LogP contribution in [0.25, 0.3) is 0 Å². The van der Waals surface area contributed by atoms with Crippen molar-refractivity contribution in [2.24, 2.45) is 5.90 Å². The molecule has 1 aromatic rings. The molecule has 6 heteroatoms. The molecule has 0 aliphatic heterocycles. The molecule has 1 aliphatic rings. The smallest absolute Gasteiger partial charge is 0.273 e. The summed E-state index contributed by atoms with van der Waals surface area (Å²) in [7, 11) is 1.50. The van der Waals surface area contributed by atoms with Gasteiger partial charge in [0.15, 0.2) is 0 Å². The Bertz CT molecular complexity index is 443. The van der Waals surface area contributed by atoms with Gasteiger partial charge in [-0.3, -0.25) is 10.1 Å². The van der Waals surface area contributed by atoms with E-state index in [-0.39, 0.29) is 11.1 Å². The van der Waals surface area contributed by atoms with Gasteiger partial charge >= 0.3 is 0 Å². The third-order valence-corrected chi connectivity index (χ3v) is 3.18. The van der Waals surface area contributed by atoms with Gasteiger partial charge in [-0.2, -0.15) is 0 Å². The van der Waals surface area contributed by atoms with Gasteiger partial charge in [0.25, 0.3) is 5.69 Å². The van der Waals surface area contributed by atoms with E-state index in [1.807, 2.05) is 0 Å². The molecule has 1 aromatic carbocycles. The first kappa shape index (κ1) is 11.8. The molecule has 1 aliphatic carbocycles. The highest BCUT2D eigenvalue weighted by molar-refractivity contribution is 5.50. The van der Waals surface area contributed by atoms with Gasteiger partial charge in [0.05, 0.1) is 24.7 Å². The minimum absolute atomic E-state index is 0.0232. The average molecular weight is 238 g/mol. The van der Waals surface area contributed by atoms with E-state index in [4.69, 9.17) is 15.5 Å². The van der Waals surface area contributed by atoms with Crippen LogP contribution in [0.4, 0.5) is 5.69 Å². The van der Waals surface area contributed by atoms with Gasteiger partial charge in [0, 0.05) is 17.0 Å². The molecule has 0 spiro atoms. The van der Waals surface area contributed by atoms with Crippen LogP contribution < -0.4 is 10.6 Å². The van der Waals surface area contributed by atoms with Crippen molar-refractivity contribution < 1.29 is 14.5 Å². The summed E-state index contributed by atoms with van der Waals surface area (Å²) < 4.78 is 5.21. The quantitative estimate of drug-likeness (QED) is 0.620. The fourth-order valence-corrected chi connectivity index (χ4v) is 2.03. The number of nitro groups is 1. The van der Waals surface area contributed by atoms with Crippen molar-refractivity contribution >= 4 is 5.69 Å². The number of hydrogen-bond donors (Lipinski definition) is 1. The summed E-state index contributed by atoms with van der Waals surface area (Å²) in [6, 6.07) is 4.64. The van der Waals surface area contributed by atoms with Crippen molar-refractivity contribution in [3.05, 3.63) is 33.9 Å². The number of methoxy groups -OCH3 is 1. The first-order chi connectivity index (χ1) is 8.13. The van der Waals surface area contributed by atoms with Crippen LogP contribution in [-0.4, -0.2) is 18.6 Å². The summed E-state index contributed by atoms with van der Waals surface area (Å²) in [6.45, 7) is 0.404. The molecule has 0 heterocycles. The second-order valence-corrected chi connectivity index (χ2v) is 4.23. The standard InChI is InChI=1S/C11H14N2O4/c1-16-10-6-8(13(14)15)2-3-9(10)11(4-5-11)7-17-12/h2-3,6H,4-5,7,12H2,1H3. The summed E-state index contributed by atoms with van der Waals surface area (Å²) in [5.41, 5.74) is 0.820. The van der Waals surface area contributed by atoms with Crippen LogP contribution in [0, 0.1) is 10.1 Å². The van der Waals surface area contributed by atoms with Crippen molar-refractivity contribution in [2.75, 3.05) is 13.7 Å². The summed E-state index contributed by atoms with van der Waals surface area (Å²) in [5, 5.41) is 10.7. The Hall–Kier alpha value is -1.66. The average Bonchev–Trinajstić information content (AvgIpc) is 3.09. The van der Waals surface area contributed by atoms with E-state index in [1.165, 1.54) is 19.2 Å². The van der Waals surface area contributed by atoms with Crippen LogP contribution in [-0.2, 0) is 10.3 Å². The lowest BCUT2D eigenvalue weighted by atomic mass is 9.95. The van der Waals surface area contributed by atoms with Gasteiger partial charge in [-0.1, -0.05) is 0 Å². The molecule has 0 radical (unpaired) electrons. The Morgan fingerprint density at radius 2 is 2.24 bits per heavy atom. The predicted octanol–water partition coefficient (Wildman–Crippen LogP) is 1.53. The first-order valence-electron chi connectivity index (χ1n) is 5.27. The number of benzene rings is 1. The number of ether oxygens (including phenoxy) is 1. The summed E-state index contributed by atoms with van der Waals surface area (Å²) >= 11 is 0. The topological polar surface area (TPSA) is 87.6 Å². The molecule has 0 atom stereocenters. The molecule has 0 aromatic heterocycles. The Morgan fingerprint density at radius 3 is 2.71 bits per heavy atom. The third kappa shape index (κ3) is 2.09. The van der Waals surface area contributed by atoms with Crippen LogP contribution in [0.3, 0.4) is 0 Å².